The van der Waals surface area contributed by atoms with Crippen LogP contribution in [0.2, 0.25) is 0 Å². The first-order chi connectivity index (χ1) is 6.74. The lowest BCUT2D eigenvalue weighted by atomic mass is 10.2. The molecule has 0 radical (unpaired) electrons. The average Bonchev–Trinajstić information content (AvgIpc) is 2.58. The Bertz CT molecular complexity index is 260. The lowest BCUT2D eigenvalue weighted by Gasteiger charge is -2.08. The molecule has 1 unspecified atom stereocenters. The number of aryl methyl sites for hydroxylation is 1. The van der Waals surface area contributed by atoms with Crippen molar-refractivity contribution in [2.75, 3.05) is 6.54 Å². The Morgan fingerprint density at radius 3 is 2.93 bits per heavy atom. The molecule has 14 heavy (non-hydrogen) atoms. The molecule has 0 saturated carbocycles. The second-order valence-corrected chi connectivity index (χ2v) is 4.55. The second-order valence-electron chi connectivity index (χ2n) is 3.55. The van der Waals surface area contributed by atoms with Crippen LogP contribution in [0.3, 0.4) is 0 Å². The van der Waals surface area contributed by atoms with E-state index in [9.17, 15) is 5.11 Å². The van der Waals surface area contributed by atoms with Crippen molar-refractivity contribution >= 4 is 11.3 Å². The first-order valence-electron chi connectivity index (χ1n) is 5.15. The van der Waals surface area contributed by atoms with Crippen molar-refractivity contribution in [3.8, 4) is 0 Å². The third-order valence-corrected chi connectivity index (χ3v) is 3.40. The van der Waals surface area contributed by atoms with Crippen LogP contribution in [-0.4, -0.2) is 17.8 Å². The van der Waals surface area contributed by atoms with E-state index in [4.69, 9.17) is 0 Å². The molecule has 0 aliphatic rings. The molecule has 0 bridgehead atoms. The summed E-state index contributed by atoms with van der Waals surface area (Å²) in [4.78, 5) is 1.40. The van der Waals surface area contributed by atoms with E-state index in [1.54, 1.807) is 11.3 Å². The summed E-state index contributed by atoms with van der Waals surface area (Å²) in [5, 5.41) is 14.8. The summed E-state index contributed by atoms with van der Waals surface area (Å²) in [6, 6.07) is 2.14. The molecule has 1 aromatic rings. The van der Waals surface area contributed by atoms with Crippen molar-refractivity contribution < 1.29 is 5.11 Å². The zero-order valence-corrected chi connectivity index (χ0v) is 9.73. The van der Waals surface area contributed by atoms with Gasteiger partial charge in [0.2, 0.25) is 0 Å². The molecule has 1 atom stereocenters. The van der Waals surface area contributed by atoms with E-state index in [0.717, 1.165) is 25.9 Å². The molecule has 0 fully saturated rings. The topological polar surface area (TPSA) is 32.3 Å². The number of nitrogens with one attached hydrogen (secondary N) is 1. The number of aliphatic hydroxyl groups excluding tert-OH is 1. The van der Waals surface area contributed by atoms with Crippen LogP contribution in [0.4, 0.5) is 0 Å². The normalized spacial score (nSPS) is 13.1. The second kappa shape index (κ2) is 6.17. The Hall–Kier alpha value is -0.380. The van der Waals surface area contributed by atoms with Gasteiger partial charge >= 0.3 is 0 Å². The lowest BCUT2D eigenvalue weighted by Crippen LogP contribution is -2.19. The van der Waals surface area contributed by atoms with Crippen LogP contribution in [0.1, 0.15) is 30.2 Å². The molecular formula is C11H19NOS. The summed E-state index contributed by atoms with van der Waals surface area (Å²) in [5.41, 5.74) is 1.36. The van der Waals surface area contributed by atoms with Gasteiger partial charge < -0.3 is 10.4 Å². The van der Waals surface area contributed by atoms with Crippen molar-refractivity contribution in [1.29, 1.82) is 0 Å². The van der Waals surface area contributed by atoms with Gasteiger partial charge in [-0.1, -0.05) is 6.92 Å². The molecule has 0 aliphatic heterocycles. The number of hydrogen-bond donors (Lipinski definition) is 2. The maximum Gasteiger partial charge on any atom is 0.0549 e. The van der Waals surface area contributed by atoms with Crippen LogP contribution < -0.4 is 5.32 Å². The van der Waals surface area contributed by atoms with Crippen molar-refractivity contribution in [2.45, 2.75) is 39.3 Å². The van der Waals surface area contributed by atoms with Gasteiger partial charge in [-0.3, -0.25) is 0 Å². The molecule has 0 aliphatic carbocycles. The zero-order valence-electron chi connectivity index (χ0n) is 8.92. The van der Waals surface area contributed by atoms with Gasteiger partial charge in [-0.15, -0.1) is 11.3 Å². The van der Waals surface area contributed by atoms with Gasteiger partial charge in [0.25, 0.3) is 0 Å². The zero-order chi connectivity index (χ0) is 10.4. The molecule has 2 N–H and O–H groups in total. The average molecular weight is 213 g/mol. The van der Waals surface area contributed by atoms with E-state index in [2.05, 4.69) is 23.7 Å². The SMILES string of the molecule is CCC(O)CCNCc1sccc1C. The summed E-state index contributed by atoms with van der Waals surface area (Å²) in [7, 11) is 0. The van der Waals surface area contributed by atoms with Crippen molar-refractivity contribution in [1.82, 2.24) is 5.32 Å². The molecule has 2 nitrogen and oxygen atoms in total. The molecule has 0 amide bonds. The summed E-state index contributed by atoms with van der Waals surface area (Å²) >= 11 is 1.79. The number of thiophene rings is 1. The highest BCUT2D eigenvalue weighted by atomic mass is 32.1. The molecule has 1 rings (SSSR count). The van der Waals surface area contributed by atoms with Crippen molar-refractivity contribution in [3.05, 3.63) is 21.9 Å². The van der Waals surface area contributed by atoms with Crippen molar-refractivity contribution in [3.63, 3.8) is 0 Å². The first-order valence-corrected chi connectivity index (χ1v) is 6.03. The van der Waals surface area contributed by atoms with E-state index >= 15 is 0 Å². The minimum Gasteiger partial charge on any atom is -0.393 e. The Morgan fingerprint density at radius 1 is 1.57 bits per heavy atom. The van der Waals surface area contributed by atoms with Crippen LogP contribution in [0.5, 0.6) is 0 Å². The summed E-state index contributed by atoms with van der Waals surface area (Å²) in [5.74, 6) is 0. The van der Waals surface area contributed by atoms with Gasteiger partial charge in [0.1, 0.15) is 0 Å². The van der Waals surface area contributed by atoms with Gasteiger partial charge in [-0.05, 0) is 43.3 Å². The largest absolute Gasteiger partial charge is 0.393 e. The van der Waals surface area contributed by atoms with Gasteiger partial charge in [-0.25, -0.2) is 0 Å². The highest BCUT2D eigenvalue weighted by molar-refractivity contribution is 7.10. The Morgan fingerprint density at radius 2 is 2.36 bits per heavy atom. The summed E-state index contributed by atoms with van der Waals surface area (Å²) in [6.45, 7) is 5.97. The van der Waals surface area contributed by atoms with Gasteiger partial charge in [0.15, 0.2) is 0 Å². The minimum atomic E-state index is -0.146. The monoisotopic (exact) mass is 213 g/mol. The molecule has 0 aromatic carbocycles. The summed E-state index contributed by atoms with van der Waals surface area (Å²) in [6.07, 6.45) is 1.55. The lowest BCUT2D eigenvalue weighted by molar-refractivity contribution is 0.160. The number of aliphatic hydroxyl groups is 1. The van der Waals surface area contributed by atoms with Crippen LogP contribution >= 0.6 is 11.3 Å². The molecule has 80 valence electrons. The van der Waals surface area contributed by atoms with Crippen LogP contribution in [-0.2, 0) is 6.54 Å². The smallest absolute Gasteiger partial charge is 0.0549 e. The quantitative estimate of drug-likeness (QED) is 0.711. The Balaban J connectivity index is 2.13. The van der Waals surface area contributed by atoms with E-state index in [-0.39, 0.29) is 6.10 Å². The molecule has 1 aromatic heterocycles. The fourth-order valence-electron chi connectivity index (χ4n) is 1.26. The molecule has 1 heterocycles. The van der Waals surface area contributed by atoms with E-state index < -0.39 is 0 Å². The predicted molar refractivity (Wildman–Crippen MR) is 61.7 cm³/mol. The fourth-order valence-corrected chi connectivity index (χ4v) is 2.14. The first kappa shape index (κ1) is 11.7. The van der Waals surface area contributed by atoms with E-state index in [1.165, 1.54) is 10.4 Å². The van der Waals surface area contributed by atoms with Crippen molar-refractivity contribution in [2.24, 2.45) is 0 Å². The van der Waals surface area contributed by atoms with E-state index in [1.807, 2.05) is 6.92 Å². The highest BCUT2D eigenvalue weighted by Crippen LogP contribution is 2.14. The molecule has 3 heteroatoms. The van der Waals surface area contributed by atoms with Gasteiger partial charge in [0, 0.05) is 11.4 Å². The number of rotatable bonds is 6. The number of hydrogen-bond acceptors (Lipinski definition) is 3. The summed E-state index contributed by atoms with van der Waals surface area (Å²) < 4.78 is 0. The Kier molecular flexibility index (Phi) is 5.15. The molecule has 0 spiro atoms. The Labute approximate surface area is 90.0 Å². The maximum absolute atomic E-state index is 9.33. The van der Waals surface area contributed by atoms with Crippen LogP contribution in [0.25, 0.3) is 0 Å². The van der Waals surface area contributed by atoms with E-state index in [0.29, 0.717) is 0 Å². The van der Waals surface area contributed by atoms with Crippen LogP contribution in [0.15, 0.2) is 11.4 Å². The maximum atomic E-state index is 9.33. The molecular weight excluding hydrogens is 194 g/mol. The van der Waals surface area contributed by atoms with Crippen LogP contribution in [0, 0.1) is 6.92 Å². The standard InChI is InChI=1S/C11H19NOS/c1-3-10(13)4-6-12-8-11-9(2)5-7-14-11/h5,7,10,12-13H,3-4,6,8H2,1-2H3. The molecule has 0 saturated heterocycles. The highest BCUT2D eigenvalue weighted by Gasteiger charge is 2.01. The fraction of sp³-hybridized carbons (Fsp3) is 0.636. The third kappa shape index (κ3) is 3.78. The van der Waals surface area contributed by atoms with Gasteiger partial charge in [-0.2, -0.15) is 0 Å². The predicted octanol–water partition coefficient (Wildman–Crippen LogP) is 2.31. The minimum absolute atomic E-state index is 0.146. The third-order valence-electron chi connectivity index (χ3n) is 2.38. The van der Waals surface area contributed by atoms with Gasteiger partial charge in [0.05, 0.1) is 6.10 Å².